The van der Waals surface area contributed by atoms with Crippen molar-refractivity contribution in [2.45, 2.75) is 12.8 Å². The van der Waals surface area contributed by atoms with Crippen molar-refractivity contribution < 1.29 is 24.3 Å². The highest BCUT2D eigenvalue weighted by molar-refractivity contribution is 6.01. The Morgan fingerprint density at radius 1 is 1.44 bits per heavy atom. The molecule has 0 saturated carbocycles. The third-order valence-corrected chi connectivity index (χ3v) is 2.51. The summed E-state index contributed by atoms with van der Waals surface area (Å²) in [7, 11) is 1.39. The van der Waals surface area contributed by atoms with Crippen molar-refractivity contribution in [2.24, 2.45) is 0 Å². The molecule has 1 aliphatic heterocycles. The molecule has 0 aromatic carbocycles. The Balaban J connectivity index is 2.29. The van der Waals surface area contributed by atoms with Gasteiger partial charge in [-0.2, -0.15) is 0 Å². The lowest BCUT2D eigenvalue weighted by Crippen LogP contribution is -2.34. The number of urea groups is 1. The molecule has 0 radical (unpaired) electrons. The van der Waals surface area contributed by atoms with E-state index in [1.807, 2.05) is 0 Å². The highest BCUT2D eigenvalue weighted by atomic mass is 16.4. The molecule has 1 fully saturated rings. The van der Waals surface area contributed by atoms with Crippen molar-refractivity contribution in [2.75, 3.05) is 26.7 Å². The number of amides is 4. The third-order valence-electron chi connectivity index (χ3n) is 2.51. The first-order valence-electron chi connectivity index (χ1n) is 5.45. The molecule has 0 bridgehead atoms. The first-order valence-corrected chi connectivity index (χ1v) is 5.45. The van der Waals surface area contributed by atoms with Crippen molar-refractivity contribution in [3.05, 3.63) is 0 Å². The molecule has 100 valence electrons. The summed E-state index contributed by atoms with van der Waals surface area (Å²) in [4.78, 5) is 46.4. The summed E-state index contributed by atoms with van der Waals surface area (Å²) in [6.07, 6.45) is 0.419. The molecule has 0 atom stereocenters. The van der Waals surface area contributed by atoms with Gasteiger partial charge in [-0.05, 0) is 6.42 Å². The summed E-state index contributed by atoms with van der Waals surface area (Å²) in [6.45, 7) is -0.203. The molecule has 18 heavy (non-hydrogen) atoms. The average molecular weight is 257 g/mol. The number of carbonyl (C=O) groups excluding carboxylic acids is 3. The minimum absolute atomic E-state index is 0.00824. The zero-order valence-electron chi connectivity index (χ0n) is 10.0. The standard InChI is InChI=1S/C10H15N3O5/c1-12(6-9(16)17)7(14)3-2-4-13-8(15)5-11-10(13)18/h2-6H2,1H3,(H,11,18)(H,16,17). The Morgan fingerprint density at radius 2 is 2.11 bits per heavy atom. The number of carboxylic acids is 1. The number of aliphatic carboxylic acids is 1. The van der Waals surface area contributed by atoms with E-state index in [1.165, 1.54) is 7.05 Å². The van der Waals surface area contributed by atoms with Crippen molar-refractivity contribution >= 4 is 23.8 Å². The smallest absolute Gasteiger partial charge is 0.324 e. The SMILES string of the molecule is CN(CC(=O)O)C(=O)CCCN1C(=O)CNC1=O. The predicted octanol–water partition coefficient (Wildman–Crippen LogP) is -1.14. The monoisotopic (exact) mass is 257 g/mol. The largest absolute Gasteiger partial charge is 0.480 e. The summed E-state index contributed by atoms with van der Waals surface area (Å²) < 4.78 is 0. The Bertz CT molecular complexity index is 366. The topological polar surface area (TPSA) is 107 Å². The lowest BCUT2D eigenvalue weighted by Gasteiger charge is -2.16. The van der Waals surface area contributed by atoms with Crippen molar-refractivity contribution in [3.8, 4) is 0 Å². The van der Waals surface area contributed by atoms with E-state index in [0.717, 1.165) is 9.80 Å². The molecule has 8 heteroatoms. The van der Waals surface area contributed by atoms with Crippen LogP contribution in [0.15, 0.2) is 0 Å². The van der Waals surface area contributed by atoms with E-state index in [1.54, 1.807) is 0 Å². The first kappa shape index (κ1) is 13.9. The lowest BCUT2D eigenvalue weighted by molar-refractivity contribution is -0.143. The van der Waals surface area contributed by atoms with Gasteiger partial charge in [0.25, 0.3) is 0 Å². The summed E-state index contributed by atoms with van der Waals surface area (Å²) in [6, 6.07) is -0.452. The molecule has 0 aliphatic carbocycles. The number of carbonyl (C=O) groups is 4. The predicted molar refractivity (Wildman–Crippen MR) is 59.6 cm³/mol. The van der Waals surface area contributed by atoms with Crippen molar-refractivity contribution in [1.82, 2.24) is 15.1 Å². The molecule has 1 heterocycles. The number of rotatable bonds is 6. The number of nitrogens with one attached hydrogen (secondary N) is 1. The quantitative estimate of drug-likeness (QED) is 0.585. The zero-order chi connectivity index (χ0) is 13.7. The maximum Gasteiger partial charge on any atom is 0.324 e. The summed E-state index contributed by atoms with van der Waals surface area (Å²) in [5.74, 6) is -1.73. The molecule has 0 aromatic heterocycles. The van der Waals surface area contributed by atoms with E-state index in [9.17, 15) is 19.2 Å². The first-order chi connectivity index (χ1) is 8.41. The Kier molecular flexibility index (Phi) is 4.64. The number of hydrogen-bond donors (Lipinski definition) is 2. The van der Waals surface area contributed by atoms with Gasteiger partial charge in [-0.25, -0.2) is 4.79 Å². The minimum atomic E-state index is -1.08. The molecule has 0 spiro atoms. The van der Waals surface area contributed by atoms with Gasteiger partial charge >= 0.3 is 12.0 Å². The molecule has 4 amide bonds. The normalized spacial score (nSPS) is 14.6. The van der Waals surface area contributed by atoms with E-state index < -0.39 is 12.0 Å². The number of hydrogen-bond acceptors (Lipinski definition) is 4. The van der Waals surface area contributed by atoms with E-state index in [2.05, 4.69) is 5.32 Å². The van der Waals surface area contributed by atoms with Gasteiger partial charge in [-0.1, -0.05) is 0 Å². The van der Waals surface area contributed by atoms with Crippen LogP contribution in [0.5, 0.6) is 0 Å². The fraction of sp³-hybridized carbons (Fsp3) is 0.600. The van der Waals surface area contributed by atoms with Crippen LogP contribution in [0.3, 0.4) is 0 Å². The van der Waals surface area contributed by atoms with Crippen LogP contribution in [0.25, 0.3) is 0 Å². The van der Waals surface area contributed by atoms with E-state index in [-0.39, 0.29) is 37.9 Å². The molecule has 8 nitrogen and oxygen atoms in total. The highest BCUT2D eigenvalue weighted by Gasteiger charge is 2.27. The second-order valence-corrected chi connectivity index (χ2v) is 3.95. The fourth-order valence-corrected chi connectivity index (χ4v) is 1.55. The van der Waals surface area contributed by atoms with Gasteiger partial charge in [0.2, 0.25) is 11.8 Å². The van der Waals surface area contributed by atoms with Gasteiger partial charge in [-0.3, -0.25) is 19.3 Å². The van der Waals surface area contributed by atoms with Gasteiger partial charge in [0.15, 0.2) is 0 Å². The van der Waals surface area contributed by atoms with Gasteiger partial charge in [0, 0.05) is 20.0 Å². The number of nitrogens with zero attached hydrogens (tertiary/aromatic N) is 2. The van der Waals surface area contributed by atoms with Crippen LogP contribution in [-0.2, 0) is 14.4 Å². The molecule has 1 aliphatic rings. The Labute approximate surface area is 104 Å². The Morgan fingerprint density at radius 3 is 2.61 bits per heavy atom. The van der Waals surface area contributed by atoms with Crippen LogP contribution in [0.4, 0.5) is 4.79 Å². The van der Waals surface area contributed by atoms with E-state index in [0.29, 0.717) is 6.42 Å². The third kappa shape index (κ3) is 3.72. The van der Waals surface area contributed by atoms with Crippen LogP contribution < -0.4 is 5.32 Å². The van der Waals surface area contributed by atoms with Gasteiger partial charge in [-0.15, -0.1) is 0 Å². The molecule has 1 rings (SSSR count). The molecule has 0 unspecified atom stereocenters. The van der Waals surface area contributed by atoms with Crippen LogP contribution in [0.1, 0.15) is 12.8 Å². The van der Waals surface area contributed by atoms with Crippen LogP contribution in [-0.4, -0.2) is 65.4 Å². The molecule has 0 aromatic rings. The van der Waals surface area contributed by atoms with Gasteiger partial charge in [0.1, 0.15) is 6.54 Å². The van der Waals surface area contributed by atoms with Gasteiger partial charge in [0.05, 0.1) is 6.54 Å². The second kappa shape index (κ2) is 5.99. The minimum Gasteiger partial charge on any atom is -0.480 e. The summed E-state index contributed by atoms with van der Waals surface area (Å²) >= 11 is 0. The molecule has 2 N–H and O–H groups in total. The fourth-order valence-electron chi connectivity index (χ4n) is 1.55. The highest BCUT2D eigenvalue weighted by Crippen LogP contribution is 2.03. The second-order valence-electron chi connectivity index (χ2n) is 3.95. The van der Waals surface area contributed by atoms with Crippen LogP contribution >= 0.6 is 0 Å². The summed E-state index contributed by atoms with van der Waals surface area (Å²) in [5, 5.41) is 10.9. The van der Waals surface area contributed by atoms with Gasteiger partial charge < -0.3 is 15.3 Å². The molecule has 1 saturated heterocycles. The molecular weight excluding hydrogens is 242 g/mol. The zero-order valence-corrected chi connectivity index (χ0v) is 10.0. The van der Waals surface area contributed by atoms with E-state index in [4.69, 9.17) is 5.11 Å². The molecular formula is C10H15N3O5. The number of imide groups is 1. The number of carboxylic acid groups (broad SMARTS) is 1. The maximum absolute atomic E-state index is 11.5. The Hall–Kier alpha value is -2.12. The average Bonchev–Trinajstić information content (AvgIpc) is 2.59. The van der Waals surface area contributed by atoms with Crippen LogP contribution in [0, 0.1) is 0 Å². The van der Waals surface area contributed by atoms with Crippen LogP contribution in [0.2, 0.25) is 0 Å². The van der Waals surface area contributed by atoms with E-state index >= 15 is 0 Å². The van der Waals surface area contributed by atoms with Crippen molar-refractivity contribution in [1.29, 1.82) is 0 Å². The maximum atomic E-state index is 11.5. The summed E-state index contributed by atoms with van der Waals surface area (Å²) in [5.41, 5.74) is 0. The number of likely N-dealkylation sites (N-methyl/N-ethyl adjacent to an activating group) is 1. The lowest BCUT2D eigenvalue weighted by atomic mass is 10.2. The van der Waals surface area contributed by atoms with Crippen molar-refractivity contribution in [3.63, 3.8) is 0 Å².